The first-order valence-corrected chi connectivity index (χ1v) is 8.42. The highest BCUT2D eigenvalue weighted by molar-refractivity contribution is 5.87. The van der Waals surface area contributed by atoms with Crippen LogP contribution in [0.3, 0.4) is 0 Å². The molecular weight excluding hydrogens is 310 g/mol. The van der Waals surface area contributed by atoms with Crippen molar-refractivity contribution >= 4 is 17.6 Å². The zero-order valence-electron chi connectivity index (χ0n) is 16.0. The number of nitrogens with zero attached hydrogens (tertiary/aromatic N) is 1. The lowest BCUT2D eigenvalue weighted by molar-refractivity contribution is -0.139. The van der Waals surface area contributed by atoms with Gasteiger partial charge in [-0.15, -0.1) is 0 Å². The minimum atomic E-state index is -0.363. The van der Waals surface area contributed by atoms with Crippen molar-refractivity contribution < 1.29 is 19.1 Å². The van der Waals surface area contributed by atoms with E-state index in [9.17, 15) is 14.4 Å². The van der Waals surface area contributed by atoms with Gasteiger partial charge in [-0.05, 0) is 26.8 Å². The quantitative estimate of drug-likeness (QED) is 0.573. The molecule has 0 saturated heterocycles. The van der Waals surface area contributed by atoms with Gasteiger partial charge in [0.05, 0.1) is 24.7 Å². The number of ether oxygens (including phenoxy) is 1. The van der Waals surface area contributed by atoms with E-state index in [1.807, 2.05) is 13.8 Å². The van der Waals surface area contributed by atoms with Crippen LogP contribution in [0.2, 0.25) is 0 Å². The van der Waals surface area contributed by atoms with Gasteiger partial charge in [-0.25, -0.2) is 0 Å². The fourth-order valence-electron chi connectivity index (χ4n) is 2.60. The Kier molecular flexibility index (Phi) is 10.5. The Balaban J connectivity index is 5.03. The van der Waals surface area contributed by atoms with E-state index < -0.39 is 0 Å². The lowest BCUT2D eigenvalue weighted by Gasteiger charge is -2.37. The van der Waals surface area contributed by atoms with E-state index >= 15 is 0 Å². The van der Waals surface area contributed by atoms with E-state index in [0.29, 0.717) is 0 Å². The number of Topliss-reactive ketones (excluding diaryl/α,β-unsaturated/α-hetero) is 1. The highest BCUT2D eigenvalue weighted by atomic mass is 16.5. The SMILES string of the molecule is CCC(C)C(C(CC(C)=O)OC)N(C)C(=O)CNC(=O)C(C)NC. The van der Waals surface area contributed by atoms with Crippen molar-refractivity contribution in [3.8, 4) is 0 Å². The predicted molar refractivity (Wildman–Crippen MR) is 93.6 cm³/mol. The molecule has 0 aliphatic carbocycles. The van der Waals surface area contributed by atoms with Crippen LogP contribution in [0.25, 0.3) is 0 Å². The third-order valence-corrected chi connectivity index (χ3v) is 4.48. The molecule has 4 unspecified atom stereocenters. The van der Waals surface area contributed by atoms with Crippen molar-refractivity contribution in [2.45, 2.75) is 58.7 Å². The molecule has 7 nitrogen and oxygen atoms in total. The standard InChI is InChI=1S/C17H33N3O4/c1-8-11(2)16(14(24-7)9-12(3)21)20(6)15(22)10-19-17(23)13(4)18-5/h11,13-14,16,18H,8-10H2,1-7H3,(H,19,23). The van der Waals surface area contributed by atoms with Crippen LogP contribution in [0.5, 0.6) is 0 Å². The Labute approximate surface area is 145 Å². The minimum absolute atomic E-state index is 0.0205. The average Bonchev–Trinajstić information content (AvgIpc) is 2.56. The lowest BCUT2D eigenvalue weighted by atomic mass is 9.90. The third kappa shape index (κ3) is 6.97. The second-order valence-corrected chi connectivity index (χ2v) is 6.29. The molecule has 2 N–H and O–H groups in total. The van der Waals surface area contributed by atoms with Gasteiger partial charge in [0, 0.05) is 20.6 Å². The Morgan fingerprint density at radius 2 is 1.79 bits per heavy atom. The second kappa shape index (κ2) is 11.1. The largest absolute Gasteiger partial charge is 0.379 e. The average molecular weight is 343 g/mol. The number of carbonyl (C=O) groups is 3. The molecule has 0 aromatic rings. The molecule has 0 spiro atoms. The highest BCUT2D eigenvalue weighted by Gasteiger charge is 2.33. The summed E-state index contributed by atoms with van der Waals surface area (Å²) in [5.74, 6) is -0.253. The van der Waals surface area contributed by atoms with Crippen LogP contribution < -0.4 is 10.6 Å². The monoisotopic (exact) mass is 343 g/mol. The maximum atomic E-state index is 12.5. The van der Waals surface area contributed by atoms with E-state index in [1.54, 1.807) is 33.0 Å². The van der Waals surface area contributed by atoms with Crippen LogP contribution in [0, 0.1) is 5.92 Å². The summed E-state index contributed by atoms with van der Waals surface area (Å²) >= 11 is 0. The summed E-state index contributed by atoms with van der Waals surface area (Å²) in [4.78, 5) is 37.3. The molecule has 0 bridgehead atoms. The first kappa shape index (κ1) is 22.5. The van der Waals surface area contributed by atoms with Crippen molar-refractivity contribution in [2.75, 3.05) is 27.7 Å². The van der Waals surface area contributed by atoms with E-state index in [4.69, 9.17) is 4.74 Å². The minimum Gasteiger partial charge on any atom is -0.379 e. The molecule has 140 valence electrons. The maximum Gasteiger partial charge on any atom is 0.242 e. The predicted octanol–water partition coefficient (Wildman–Crippen LogP) is 0.578. The van der Waals surface area contributed by atoms with Crippen molar-refractivity contribution in [1.82, 2.24) is 15.5 Å². The summed E-state index contributed by atoms with van der Waals surface area (Å²) in [5.41, 5.74) is 0. The second-order valence-electron chi connectivity index (χ2n) is 6.29. The van der Waals surface area contributed by atoms with Crippen LogP contribution in [0.4, 0.5) is 0 Å². The van der Waals surface area contributed by atoms with Gasteiger partial charge in [0.25, 0.3) is 0 Å². The van der Waals surface area contributed by atoms with Gasteiger partial charge < -0.3 is 20.3 Å². The zero-order valence-corrected chi connectivity index (χ0v) is 16.0. The van der Waals surface area contributed by atoms with Crippen LogP contribution in [0.15, 0.2) is 0 Å². The van der Waals surface area contributed by atoms with Crippen molar-refractivity contribution in [2.24, 2.45) is 5.92 Å². The number of carbonyl (C=O) groups excluding carboxylic acids is 3. The van der Waals surface area contributed by atoms with E-state index in [2.05, 4.69) is 10.6 Å². The van der Waals surface area contributed by atoms with Gasteiger partial charge in [-0.1, -0.05) is 20.3 Å². The molecule has 0 aliphatic rings. The van der Waals surface area contributed by atoms with Crippen molar-refractivity contribution in [3.63, 3.8) is 0 Å². The van der Waals surface area contributed by atoms with Crippen LogP contribution in [-0.4, -0.2) is 68.4 Å². The summed E-state index contributed by atoms with van der Waals surface area (Å²) in [7, 11) is 4.93. The molecule has 0 aliphatic heterocycles. The number of hydrogen-bond donors (Lipinski definition) is 2. The Hall–Kier alpha value is -1.47. The fourth-order valence-corrected chi connectivity index (χ4v) is 2.60. The zero-order chi connectivity index (χ0) is 18.9. The van der Waals surface area contributed by atoms with Gasteiger partial charge in [0.2, 0.25) is 11.8 Å². The molecule has 7 heteroatoms. The molecule has 2 amide bonds. The number of amides is 2. The number of ketones is 1. The lowest BCUT2D eigenvalue weighted by Crippen LogP contribution is -2.53. The summed E-state index contributed by atoms with van der Waals surface area (Å²) in [6, 6.07) is -0.590. The molecule has 0 saturated carbocycles. The molecular formula is C17H33N3O4. The summed E-state index contributed by atoms with van der Waals surface area (Å²) in [5, 5.41) is 5.45. The maximum absolute atomic E-state index is 12.5. The summed E-state index contributed by atoms with van der Waals surface area (Å²) < 4.78 is 5.49. The third-order valence-electron chi connectivity index (χ3n) is 4.48. The molecule has 0 fully saturated rings. The van der Waals surface area contributed by atoms with Crippen molar-refractivity contribution in [3.05, 3.63) is 0 Å². The van der Waals surface area contributed by atoms with E-state index in [-0.39, 0.29) is 54.7 Å². The molecule has 0 rings (SSSR count). The first-order chi connectivity index (χ1) is 11.2. The molecule has 24 heavy (non-hydrogen) atoms. The van der Waals surface area contributed by atoms with Crippen LogP contribution >= 0.6 is 0 Å². The number of nitrogens with one attached hydrogen (secondary N) is 2. The van der Waals surface area contributed by atoms with Gasteiger partial charge in [-0.2, -0.15) is 0 Å². The van der Waals surface area contributed by atoms with E-state index in [1.165, 1.54) is 6.92 Å². The van der Waals surface area contributed by atoms with Crippen LogP contribution in [-0.2, 0) is 19.1 Å². The molecule has 0 radical (unpaired) electrons. The Morgan fingerprint density at radius 1 is 1.21 bits per heavy atom. The summed E-state index contributed by atoms with van der Waals surface area (Å²) in [6.45, 7) is 7.22. The highest BCUT2D eigenvalue weighted by Crippen LogP contribution is 2.21. The van der Waals surface area contributed by atoms with Crippen LogP contribution in [0.1, 0.15) is 40.5 Å². The normalized spacial score (nSPS) is 16.0. The summed E-state index contributed by atoms with van der Waals surface area (Å²) in [6.07, 6.45) is 0.744. The topological polar surface area (TPSA) is 87.7 Å². The van der Waals surface area contributed by atoms with Gasteiger partial charge in [0.15, 0.2) is 0 Å². The Morgan fingerprint density at radius 3 is 2.21 bits per heavy atom. The van der Waals surface area contributed by atoms with E-state index in [0.717, 1.165) is 6.42 Å². The molecule has 0 heterocycles. The van der Waals surface area contributed by atoms with Crippen molar-refractivity contribution in [1.29, 1.82) is 0 Å². The Bertz CT molecular complexity index is 428. The van der Waals surface area contributed by atoms with Gasteiger partial charge >= 0.3 is 0 Å². The number of methoxy groups -OCH3 is 1. The number of likely N-dealkylation sites (N-methyl/N-ethyl adjacent to an activating group) is 2. The molecule has 4 atom stereocenters. The molecule has 0 aromatic carbocycles. The smallest absolute Gasteiger partial charge is 0.242 e. The van der Waals surface area contributed by atoms with Gasteiger partial charge in [-0.3, -0.25) is 14.4 Å². The first-order valence-electron chi connectivity index (χ1n) is 8.42. The number of hydrogen-bond acceptors (Lipinski definition) is 5. The molecule has 0 aromatic heterocycles. The number of rotatable bonds is 11. The van der Waals surface area contributed by atoms with Gasteiger partial charge in [0.1, 0.15) is 5.78 Å². The fraction of sp³-hybridized carbons (Fsp3) is 0.824.